The average molecular weight is 359 g/mol. The Bertz CT molecular complexity index is 466. The van der Waals surface area contributed by atoms with Crippen molar-refractivity contribution in [3.8, 4) is 11.5 Å². The second kappa shape index (κ2) is 9.63. The van der Waals surface area contributed by atoms with E-state index in [-0.39, 0.29) is 5.91 Å². The molecule has 1 aromatic carbocycles. The summed E-state index contributed by atoms with van der Waals surface area (Å²) in [7, 11) is 1.85. The van der Waals surface area contributed by atoms with Gasteiger partial charge in [-0.1, -0.05) is 15.9 Å². The summed E-state index contributed by atoms with van der Waals surface area (Å²) < 4.78 is 12.0. The van der Waals surface area contributed by atoms with Crippen molar-refractivity contribution in [2.24, 2.45) is 0 Å². The van der Waals surface area contributed by atoms with Gasteiger partial charge in [-0.05, 0) is 38.6 Å². The van der Waals surface area contributed by atoms with Crippen LogP contribution in [0.4, 0.5) is 0 Å². The third-order valence-electron chi connectivity index (χ3n) is 2.76. The third-order valence-corrected chi connectivity index (χ3v) is 3.50. The average Bonchev–Trinajstić information content (AvgIpc) is 2.44. The monoisotopic (exact) mass is 358 g/mol. The van der Waals surface area contributed by atoms with E-state index in [2.05, 4.69) is 26.6 Å². The molecule has 0 aromatic heterocycles. The predicted octanol–water partition coefficient (Wildman–Crippen LogP) is 2.12. The quantitative estimate of drug-likeness (QED) is 0.664. The van der Waals surface area contributed by atoms with E-state index in [0.717, 1.165) is 16.6 Å². The molecule has 1 rings (SSSR count). The summed E-state index contributed by atoms with van der Waals surface area (Å²) in [5.74, 6) is 1.34. The first-order valence-electron chi connectivity index (χ1n) is 7.11. The fourth-order valence-electron chi connectivity index (χ4n) is 1.81. The van der Waals surface area contributed by atoms with Crippen molar-refractivity contribution < 1.29 is 14.3 Å². The van der Waals surface area contributed by atoms with Gasteiger partial charge >= 0.3 is 0 Å². The first-order valence-corrected chi connectivity index (χ1v) is 7.90. The van der Waals surface area contributed by atoms with Gasteiger partial charge in [-0.25, -0.2) is 0 Å². The summed E-state index contributed by atoms with van der Waals surface area (Å²) in [6, 6.07) is 3.71. The molecule has 1 amide bonds. The van der Waals surface area contributed by atoms with Crippen LogP contribution in [-0.2, 0) is 11.2 Å². The Balaban J connectivity index is 2.81. The molecule has 5 nitrogen and oxygen atoms in total. The minimum atomic E-state index is -0.0161. The van der Waals surface area contributed by atoms with Crippen molar-refractivity contribution >= 4 is 21.8 Å². The zero-order valence-corrected chi connectivity index (χ0v) is 14.4. The number of carbonyl (C=O) groups excluding carboxylic acids is 1. The molecule has 0 atom stereocenters. The highest BCUT2D eigenvalue weighted by molar-refractivity contribution is 9.10. The zero-order valence-electron chi connectivity index (χ0n) is 12.8. The Morgan fingerprint density at radius 1 is 1.14 bits per heavy atom. The van der Waals surface area contributed by atoms with Crippen LogP contribution in [0.5, 0.6) is 11.5 Å². The molecule has 2 N–H and O–H groups in total. The van der Waals surface area contributed by atoms with Gasteiger partial charge in [0.05, 0.1) is 19.6 Å². The molecule has 0 unspecified atom stereocenters. The number of carbonyl (C=O) groups is 1. The van der Waals surface area contributed by atoms with Crippen LogP contribution in [0.25, 0.3) is 0 Å². The highest BCUT2D eigenvalue weighted by atomic mass is 79.9. The van der Waals surface area contributed by atoms with Gasteiger partial charge in [-0.2, -0.15) is 0 Å². The van der Waals surface area contributed by atoms with Crippen molar-refractivity contribution in [2.45, 2.75) is 20.3 Å². The lowest BCUT2D eigenvalue weighted by Gasteiger charge is -2.14. The lowest BCUT2D eigenvalue weighted by molar-refractivity contribution is -0.120. The summed E-state index contributed by atoms with van der Waals surface area (Å²) in [5, 5.41) is 5.84. The van der Waals surface area contributed by atoms with Crippen LogP contribution >= 0.6 is 15.9 Å². The van der Waals surface area contributed by atoms with E-state index in [4.69, 9.17) is 9.47 Å². The maximum atomic E-state index is 11.9. The largest absolute Gasteiger partial charge is 0.490 e. The van der Waals surface area contributed by atoms with Crippen LogP contribution in [0.3, 0.4) is 0 Å². The molecular formula is C15H23BrN2O3. The Labute approximate surface area is 134 Å². The number of ether oxygens (including phenoxy) is 2. The Hall–Kier alpha value is -1.27. The number of hydrogen-bond donors (Lipinski definition) is 2. The molecule has 118 valence electrons. The number of benzene rings is 1. The molecule has 1 aromatic rings. The van der Waals surface area contributed by atoms with Crippen molar-refractivity contribution in [3.63, 3.8) is 0 Å². The van der Waals surface area contributed by atoms with Crippen LogP contribution in [-0.4, -0.2) is 39.3 Å². The van der Waals surface area contributed by atoms with E-state index in [0.29, 0.717) is 37.7 Å². The number of likely N-dealkylation sites (N-methyl/N-ethyl adjacent to an activating group) is 1. The number of halogens is 1. The smallest absolute Gasteiger partial charge is 0.224 e. The zero-order chi connectivity index (χ0) is 15.7. The molecule has 0 aliphatic rings. The molecule has 0 saturated carbocycles. The predicted molar refractivity (Wildman–Crippen MR) is 87.1 cm³/mol. The van der Waals surface area contributed by atoms with Crippen molar-refractivity contribution in [1.82, 2.24) is 10.6 Å². The molecule has 0 fully saturated rings. The van der Waals surface area contributed by atoms with Gasteiger partial charge in [0.2, 0.25) is 5.91 Å². The normalized spacial score (nSPS) is 10.3. The number of nitrogens with one attached hydrogen (secondary N) is 2. The Morgan fingerprint density at radius 3 is 2.33 bits per heavy atom. The minimum absolute atomic E-state index is 0.0161. The fraction of sp³-hybridized carbons (Fsp3) is 0.533. The summed E-state index contributed by atoms with van der Waals surface area (Å²) in [6.07, 6.45) is 0.302. The topological polar surface area (TPSA) is 59.6 Å². The van der Waals surface area contributed by atoms with Crippen LogP contribution in [0.1, 0.15) is 19.4 Å². The minimum Gasteiger partial charge on any atom is -0.490 e. The van der Waals surface area contributed by atoms with E-state index in [9.17, 15) is 4.79 Å². The van der Waals surface area contributed by atoms with Gasteiger partial charge in [0.1, 0.15) is 0 Å². The molecular weight excluding hydrogens is 336 g/mol. The number of amides is 1. The van der Waals surface area contributed by atoms with E-state index in [1.54, 1.807) is 0 Å². The number of rotatable bonds is 9. The van der Waals surface area contributed by atoms with Gasteiger partial charge in [-0.15, -0.1) is 0 Å². The van der Waals surface area contributed by atoms with E-state index in [1.165, 1.54) is 0 Å². The van der Waals surface area contributed by atoms with E-state index >= 15 is 0 Å². The molecule has 21 heavy (non-hydrogen) atoms. The molecule has 0 heterocycles. The highest BCUT2D eigenvalue weighted by Crippen LogP contribution is 2.34. The maximum absolute atomic E-state index is 11.9. The SMILES string of the molecule is CCOc1cc(Br)c(CC(=O)NCCNC)cc1OCC. The second-order valence-electron chi connectivity index (χ2n) is 4.39. The Morgan fingerprint density at radius 2 is 1.76 bits per heavy atom. The first kappa shape index (κ1) is 17.8. The maximum Gasteiger partial charge on any atom is 0.224 e. The van der Waals surface area contributed by atoms with Gasteiger partial charge in [-0.3, -0.25) is 4.79 Å². The second-order valence-corrected chi connectivity index (χ2v) is 5.24. The van der Waals surface area contributed by atoms with Gasteiger partial charge in [0.25, 0.3) is 0 Å². The summed E-state index contributed by atoms with van der Waals surface area (Å²) in [4.78, 5) is 11.9. The molecule has 0 bridgehead atoms. The van der Waals surface area contributed by atoms with Crippen molar-refractivity contribution in [3.05, 3.63) is 22.2 Å². The first-order chi connectivity index (χ1) is 10.1. The lowest BCUT2D eigenvalue weighted by Crippen LogP contribution is -2.31. The van der Waals surface area contributed by atoms with Crippen LogP contribution in [0.15, 0.2) is 16.6 Å². The van der Waals surface area contributed by atoms with Gasteiger partial charge in [0.15, 0.2) is 11.5 Å². The summed E-state index contributed by atoms with van der Waals surface area (Å²) >= 11 is 3.48. The molecule has 0 saturated heterocycles. The lowest BCUT2D eigenvalue weighted by atomic mass is 10.1. The summed E-state index contributed by atoms with van der Waals surface area (Å²) in [6.45, 7) is 6.32. The molecule has 0 aliphatic carbocycles. The molecule has 0 aliphatic heterocycles. The van der Waals surface area contributed by atoms with Crippen LogP contribution < -0.4 is 20.1 Å². The fourth-order valence-corrected chi connectivity index (χ4v) is 2.27. The van der Waals surface area contributed by atoms with Crippen molar-refractivity contribution in [1.29, 1.82) is 0 Å². The van der Waals surface area contributed by atoms with E-state index < -0.39 is 0 Å². The van der Waals surface area contributed by atoms with Gasteiger partial charge in [0, 0.05) is 17.6 Å². The van der Waals surface area contributed by atoms with Gasteiger partial charge < -0.3 is 20.1 Å². The van der Waals surface area contributed by atoms with Crippen molar-refractivity contribution in [2.75, 3.05) is 33.4 Å². The molecule has 6 heteroatoms. The summed E-state index contributed by atoms with van der Waals surface area (Å²) in [5.41, 5.74) is 0.879. The molecule has 0 radical (unpaired) electrons. The van der Waals surface area contributed by atoms with E-state index in [1.807, 2.05) is 33.0 Å². The Kier molecular flexibility index (Phi) is 8.15. The van der Waals surface area contributed by atoms with Crippen LogP contribution in [0, 0.1) is 0 Å². The third kappa shape index (κ3) is 5.93. The highest BCUT2D eigenvalue weighted by Gasteiger charge is 2.13. The van der Waals surface area contributed by atoms with Crippen LogP contribution in [0.2, 0.25) is 0 Å². The standard InChI is InChI=1S/C15H23BrN2O3/c1-4-20-13-8-11(9-15(19)18-7-6-17-3)12(16)10-14(13)21-5-2/h8,10,17H,4-7,9H2,1-3H3,(H,18,19). The number of hydrogen-bond acceptors (Lipinski definition) is 4. The molecule has 0 spiro atoms.